The molecule has 130 valence electrons. The van der Waals surface area contributed by atoms with Crippen LogP contribution in [0.2, 0.25) is 0 Å². The van der Waals surface area contributed by atoms with Gasteiger partial charge < -0.3 is 14.2 Å². The Morgan fingerprint density at radius 2 is 2.09 bits per heavy atom. The van der Waals surface area contributed by atoms with Crippen LogP contribution in [0.3, 0.4) is 0 Å². The Balaban J connectivity index is 2.04. The number of rotatable bonds is 6. The molecular weight excluding hydrogens is 292 g/mol. The second kappa shape index (κ2) is 7.95. The number of ether oxygens (including phenoxy) is 1. The Bertz CT molecular complexity index is 505. The van der Waals surface area contributed by atoms with Crippen LogP contribution in [-0.2, 0) is 16.0 Å². The monoisotopic (exact) mass is 322 g/mol. The van der Waals surface area contributed by atoms with Crippen LogP contribution in [0, 0.1) is 19.8 Å². The lowest BCUT2D eigenvalue weighted by atomic mass is 10.0. The van der Waals surface area contributed by atoms with Gasteiger partial charge in [-0.3, -0.25) is 4.79 Å². The molecule has 0 aliphatic carbocycles. The van der Waals surface area contributed by atoms with Gasteiger partial charge in [0.1, 0.15) is 5.76 Å². The van der Waals surface area contributed by atoms with Gasteiger partial charge in [0.05, 0.1) is 24.3 Å². The van der Waals surface area contributed by atoms with Gasteiger partial charge in [0.2, 0.25) is 5.91 Å². The third kappa shape index (κ3) is 4.56. The van der Waals surface area contributed by atoms with Crippen molar-refractivity contribution in [2.24, 2.45) is 5.92 Å². The highest BCUT2D eigenvalue weighted by atomic mass is 16.5. The number of carbonyl (C=O) groups is 1. The predicted octanol–water partition coefficient (Wildman–Crippen LogP) is 3.28. The molecule has 1 aliphatic rings. The van der Waals surface area contributed by atoms with Gasteiger partial charge in [0.15, 0.2) is 0 Å². The normalized spacial score (nSPS) is 21.9. The van der Waals surface area contributed by atoms with E-state index in [1.54, 1.807) is 0 Å². The van der Waals surface area contributed by atoms with Crippen molar-refractivity contribution in [3.05, 3.63) is 17.0 Å². The second-order valence-corrected chi connectivity index (χ2v) is 6.96. The molecule has 0 unspecified atom stereocenters. The van der Waals surface area contributed by atoms with Gasteiger partial charge in [-0.25, -0.2) is 0 Å². The van der Waals surface area contributed by atoms with Crippen molar-refractivity contribution in [1.82, 2.24) is 10.1 Å². The summed E-state index contributed by atoms with van der Waals surface area (Å²) in [5.74, 6) is 1.30. The van der Waals surface area contributed by atoms with E-state index in [-0.39, 0.29) is 18.1 Å². The molecule has 2 atom stereocenters. The van der Waals surface area contributed by atoms with Crippen LogP contribution < -0.4 is 0 Å². The quantitative estimate of drug-likeness (QED) is 0.806. The summed E-state index contributed by atoms with van der Waals surface area (Å²) in [5, 5.41) is 3.94. The lowest BCUT2D eigenvalue weighted by molar-refractivity contribution is -0.149. The van der Waals surface area contributed by atoms with Crippen LogP contribution in [-0.4, -0.2) is 41.3 Å². The number of hydrogen-bond acceptors (Lipinski definition) is 4. The fraction of sp³-hybridized carbons (Fsp3) is 0.778. The number of aromatic nitrogens is 1. The molecule has 23 heavy (non-hydrogen) atoms. The van der Waals surface area contributed by atoms with Gasteiger partial charge in [0.25, 0.3) is 0 Å². The molecule has 5 nitrogen and oxygen atoms in total. The molecule has 1 saturated heterocycles. The maximum atomic E-state index is 12.8. The van der Waals surface area contributed by atoms with Crippen LogP contribution in [0.25, 0.3) is 0 Å². The number of amides is 1. The van der Waals surface area contributed by atoms with Crippen LogP contribution in [0.15, 0.2) is 4.52 Å². The van der Waals surface area contributed by atoms with Crippen molar-refractivity contribution in [3.63, 3.8) is 0 Å². The first-order valence-electron chi connectivity index (χ1n) is 8.77. The van der Waals surface area contributed by atoms with E-state index in [9.17, 15) is 4.79 Å². The van der Waals surface area contributed by atoms with Crippen molar-refractivity contribution in [1.29, 1.82) is 0 Å². The number of carbonyl (C=O) groups excluding carboxylic acids is 1. The third-order valence-corrected chi connectivity index (χ3v) is 4.68. The average Bonchev–Trinajstić information content (AvgIpc) is 2.84. The largest absolute Gasteiger partial charge is 0.371 e. The number of hydrogen-bond donors (Lipinski definition) is 0. The minimum absolute atomic E-state index is 0.124. The Hall–Kier alpha value is -1.36. The summed E-state index contributed by atoms with van der Waals surface area (Å²) in [6.45, 7) is 11.6. The molecule has 1 aliphatic heterocycles. The molecule has 1 aromatic rings. The number of unbranched alkanes of at least 4 members (excludes halogenated alkanes) is 1. The van der Waals surface area contributed by atoms with Gasteiger partial charge in [0, 0.05) is 18.7 Å². The number of nitrogens with zero attached hydrogens (tertiary/aromatic N) is 2. The summed E-state index contributed by atoms with van der Waals surface area (Å²) in [7, 11) is 0. The van der Waals surface area contributed by atoms with Crippen molar-refractivity contribution in [2.45, 2.75) is 72.5 Å². The summed E-state index contributed by atoms with van der Waals surface area (Å²) >= 11 is 0. The first kappa shape index (κ1) is 18.0. The zero-order valence-corrected chi connectivity index (χ0v) is 15.1. The summed E-state index contributed by atoms with van der Waals surface area (Å²) in [5.41, 5.74) is 1.74. The fourth-order valence-electron chi connectivity index (χ4n) is 3.05. The smallest absolute Gasteiger partial charge is 0.227 e. The van der Waals surface area contributed by atoms with E-state index in [2.05, 4.69) is 25.9 Å². The van der Waals surface area contributed by atoms with E-state index in [1.807, 2.05) is 18.7 Å². The van der Waals surface area contributed by atoms with E-state index in [4.69, 9.17) is 9.26 Å². The molecular formula is C18H30N2O3. The predicted molar refractivity (Wildman–Crippen MR) is 89.3 cm³/mol. The Labute approximate surface area is 139 Å². The van der Waals surface area contributed by atoms with Gasteiger partial charge in [-0.05, 0) is 26.2 Å². The van der Waals surface area contributed by atoms with Crippen molar-refractivity contribution in [3.8, 4) is 0 Å². The standard InChI is InChI=1S/C18H30N2O3/c1-6-7-8-15-10-20(11-17(22-15)12(2)3)18(21)9-16-13(4)19-23-14(16)5/h12,15,17H,6-11H2,1-5H3/t15-,17-/m1/s1. The van der Waals surface area contributed by atoms with E-state index < -0.39 is 0 Å². The lowest BCUT2D eigenvalue weighted by Gasteiger charge is -2.40. The molecule has 0 radical (unpaired) electrons. The molecule has 0 N–H and O–H groups in total. The Morgan fingerprint density at radius 3 is 2.65 bits per heavy atom. The highest BCUT2D eigenvalue weighted by Gasteiger charge is 2.32. The minimum atomic E-state index is 0.124. The highest BCUT2D eigenvalue weighted by molar-refractivity contribution is 5.79. The van der Waals surface area contributed by atoms with E-state index >= 15 is 0 Å². The van der Waals surface area contributed by atoms with Crippen LogP contribution >= 0.6 is 0 Å². The van der Waals surface area contributed by atoms with Gasteiger partial charge >= 0.3 is 0 Å². The second-order valence-electron chi connectivity index (χ2n) is 6.96. The van der Waals surface area contributed by atoms with Gasteiger partial charge in [-0.15, -0.1) is 0 Å². The van der Waals surface area contributed by atoms with Crippen molar-refractivity contribution in [2.75, 3.05) is 13.1 Å². The maximum Gasteiger partial charge on any atom is 0.227 e. The van der Waals surface area contributed by atoms with Crippen molar-refractivity contribution >= 4 is 5.91 Å². The molecule has 2 rings (SSSR count). The number of morpholine rings is 1. The SMILES string of the molecule is CCCC[C@@H]1CN(C(=O)Cc2c(C)noc2C)C[C@H](C(C)C)O1. The summed E-state index contributed by atoms with van der Waals surface area (Å²) in [4.78, 5) is 14.7. The minimum Gasteiger partial charge on any atom is -0.371 e. The van der Waals surface area contributed by atoms with Crippen LogP contribution in [0.1, 0.15) is 57.1 Å². The zero-order valence-electron chi connectivity index (χ0n) is 15.1. The summed E-state index contributed by atoms with van der Waals surface area (Å²) < 4.78 is 11.4. The molecule has 1 amide bonds. The van der Waals surface area contributed by atoms with E-state index in [0.29, 0.717) is 25.4 Å². The zero-order chi connectivity index (χ0) is 17.0. The molecule has 5 heteroatoms. The summed E-state index contributed by atoms with van der Waals surface area (Å²) in [6, 6.07) is 0. The first-order valence-corrected chi connectivity index (χ1v) is 8.77. The molecule has 1 fully saturated rings. The Kier molecular flexibility index (Phi) is 6.22. The third-order valence-electron chi connectivity index (χ3n) is 4.68. The number of aryl methyl sites for hydroxylation is 2. The molecule has 2 heterocycles. The average molecular weight is 322 g/mol. The van der Waals surface area contributed by atoms with Crippen LogP contribution in [0.4, 0.5) is 0 Å². The molecule has 0 aromatic carbocycles. The van der Waals surface area contributed by atoms with Gasteiger partial charge in [-0.1, -0.05) is 38.8 Å². The van der Waals surface area contributed by atoms with Crippen LogP contribution in [0.5, 0.6) is 0 Å². The van der Waals surface area contributed by atoms with E-state index in [0.717, 1.165) is 36.3 Å². The highest BCUT2D eigenvalue weighted by Crippen LogP contribution is 2.22. The van der Waals surface area contributed by atoms with Crippen molar-refractivity contribution < 1.29 is 14.1 Å². The summed E-state index contributed by atoms with van der Waals surface area (Å²) in [6.07, 6.45) is 3.96. The maximum absolute atomic E-state index is 12.8. The lowest BCUT2D eigenvalue weighted by Crippen LogP contribution is -2.52. The first-order chi connectivity index (χ1) is 10.9. The molecule has 0 spiro atoms. The molecule has 0 bridgehead atoms. The molecule has 1 aromatic heterocycles. The topological polar surface area (TPSA) is 55.6 Å². The Morgan fingerprint density at radius 1 is 1.35 bits per heavy atom. The fourth-order valence-corrected chi connectivity index (χ4v) is 3.05. The molecule has 0 saturated carbocycles. The van der Waals surface area contributed by atoms with Gasteiger partial charge in [-0.2, -0.15) is 0 Å². The van der Waals surface area contributed by atoms with E-state index in [1.165, 1.54) is 0 Å².